The van der Waals surface area contributed by atoms with Crippen molar-refractivity contribution in [3.05, 3.63) is 30.3 Å². The van der Waals surface area contributed by atoms with E-state index < -0.39 is 0 Å². The van der Waals surface area contributed by atoms with Gasteiger partial charge in [0.15, 0.2) is 0 Å². The van der Waals surface area contributed by atoms with E-state index in [1.165, 1.54) is 6.42 Å². The van der Waals surface area contributed by atoms with E-state index in [9.17, 15) is 0 Å². The largest absolute Gasteiger partial charge is 0.494 e. The normalized spacial score (nSPS) is 10.5. The van der Waals surface area contributed by atoms with Gasteiger partial charge in [0.25, 0.3) is 0 Å². The highest BCUT2D eigenvalue weighted by molar-refractivity contribution is 5.20. The zero-order valence-corrected chi connectivity index (χ0v) is 11.4. The first-order valence-electron chi connectivity index (χ1n) is 6.90. The Morgan fingerprint density at radius 3 is 2.61 bits per heavy atom. The van der Waals surface area contributed by atoms with Crippen LogP contribution in [-0.2, 0) is 4.74 Å². The van der Waals surface area contributed by atoms with Crippen molar-refractivity contribution in [2.45, 2.75) is 32.6 Å². The first-order valence-corrected chi connectivity index (χ1v) is 6.90. The van der Waals surface area contributed by atoms with Crippen LogP contribution >= 0.6 is 0 Å². The lowest BCUT2D eigenvalue weighted by atomic mass is 10.3. The molecule has 0 saturated heterocycles. The molecule has 18 heavy (non-hydrogen) atoms. The zero-order chi connectivity index (χ0) is 12.9. The number of para-hydroxylation sites is 1. The molecule has 1 aromatic rings. The maximum absolute atomic E-state index is 5.61. The van der Waals surface area contributed by atoms with Crippen LogP contribution in [0.4, 0.5) is 0 Å². The van der Waals surface area contributed by atoms with Crippen LogP contribution in [0.2, 0.25) is 0 Å². The van der Waals surface area contributed by atoms with Gasteiger partial charge in [0.1, 0.15) is 5.75 Å². The van der Waals surface area contributed by atoms with Gasteiger partial charge in [-0.05, 0) is 37.9 Å². The Labute approximate surface area is 110 Å². The number of ether oxygens (including phenoxy) is 2. The van der Waals surface area contributed by atoms with Crippen molar-refractivity contribution >= 4 is 0 Å². The van der Waals surface area contributed by atoms with Crippen LogP contribution in [0.25, 0.3) is 0 Å². The molecule has 0 spiro atoms. The Bertz CT molecular complexity index is 277. The van der Waals surface area contributed by atoms with Gasteiger partial charge in [-0.3, -0.25) is 5.32 Å². The van der Waals surface area contributed by atoms with Gasteiger partial charge in [-0.15, -0.1) is 0 Å². The molecule has 0 aromatic heterocycles. The third-order valence-electron chi connectivity index (χ3n) is 2.61. The summed E-state index contributed by atoms with van der Waals surface area (Å²) >= 11 is 0. The molecule has 1 N–H and O–H groups in total. The van der Waals surface area contributed by atoms with Crippen molar-refractivity contribution in [2.24, 2.45) is 0 Å². The summed E-state index contributed by atoms with van der Waals surface area (Å²) in [6, 6.07) is 9.95. The van der Waals surface area contributed by atoms with E-state index in [1.54, 1.807) is 0 Å². The molecule has 1 aromatic carbocycles. The SMILES string of the molecule is CCCCOCNCCCCOc1ccccc1. The molecule has 0 heterocycles. The second-order valence-electron chi connectivity index (χ2n) is 4.27. The van der Waals surface area contributed by atoms with Crippen LogP contribution in [0.15, 0.2) is 30.3 Å². The molecule has 0 aliphatic heterocycles. The summed E-state index contributed by atoms with van der Waals surface area (Å²) in [5.74, 6) is 0.952. The number of unbranched alkanes of at least 4 members (excludes halogenated alkanes) is 2. The minimum absolute atomic E-state index is 0.666. The predicted molar refractivity (Wildman–Crippen MR) is 74.9 cm³/mol. The van der Waals surface area contributed by atoms with Gasteiger partial charge in [-0.2, -0.15) is 0 Å². The Balaban J connectivity index is 1.82. The number of hydrogen-bond donors (Lipinski definition) is 1. The molecule has 0 aliphatic carbocycles. The third kappa shape index (κ3) is 8.09. The molecule has 0 bridgehead atoms. The van der Waals surface area contributed by atoms with Gasteiger partial charge >= 0.3 is 0 Å². The van der Waals surface area contributed by atoms with Gasteiger partial charge in [0, 0.05) is 6.61 Å². The van der Waals surface area contributed by atoms with Crippen LogP contribution in [0.5, 0.6) is 5.75 Å². The minimum Gasteiger partial charge on any atom is -0.494 e. The van der Waals surface area contributed by atoms with Crippen molar-refractivity contribution in [1.82, 2.24) is 5.32 Å². The Morgan fingerprint density at radius 1 is 1.00 bits per heavy atom. The average Bonchev–Trinajstić information content (AvgIpc) is 2.42. The summed E-state index contributed by atoms with van der Waals surface area (Å²) in [6.45, 7) is 5.47. The number of hydrogen-bond acceptors (Lipinski definition) is 3. The van der Waals surface area contributed by atoms with Crippen molar-refractivity contribution in [3.8, 4) is 5.75 Å². The van der Waals surface area contributed by atoms with Gasteiger partial charge < -0.3 is 9.47 Å². The Hall–Kier alpha value is -1.06. The van der Waals surface area contributed by atoms with Gasteiger partial charge in [0.2, 0.25) is 0 Å². The number of benzene rings is 1. The highest BCUT2D eigenvalue weighted by Gasteiger charge is 1.92. The standard InChI is InChI=1S/C15H25NO2/c1-2-3-12-17-14-16-11-7-8-13-18-15-9-5-4-6-10-15/h4-6,9-10,16H,2-3,7-8,11-14H2,1H3. The summed E-state index contributed by atoms with van der Waals surface area (Å²) in [5.41, 5.74) is 0. The van der Waals surface area contributed by atoms with E-state index in [1.807, 2.05) is 30.3 Å². The molecule has 0 saturated carbocycles. The first-order chi connectivity index (χ1) is 8.93. The van der Waals surface area contributed by atoms with Crippen LogP contribution in [0.1, 0.15) is 32.6 Å². The third-order valence-corrected chi connectivity index (χ3v) is 2.61. The molecule has 0 fully saturated rings. The fraction of sp³-hybridized carbons (Fsp3) is 0.600. The lowest BCUT2D eigenvalue weighted by Gasteiger charge is -2.07. The minimum atomic E-state index is 0.666. The fourth-order valence-electron chi connectivity index (χ4n) is 1.52. The molecule has 0 radical (unpaired) electrons. The second-order valence-corrected chi connectivity index (χ2v) is 4.27. The molecule has 3 heteroatoms. The monoisotopic (exact) mass is 251 g/mol. The molecule has 1 rings (SSSR count). The van der Waals surface area contributed by atoms with E-state index in [-0.39, 0.29) is 0 Å². The lowest BCUT2D eigenvalue weighted by molar-refractivity contribution is 0.113. The van der Waals surface area contributed by atoms with Crippen LogP contribution in [0, 0.1) is 0 Å². The number of nitrogens with one attached hydrogen (secondary N) is 1. The second kappa shape index (κ2) is 11.1. The van der Waals surface area contributed by atoms with Gasteiger partial charge in [-0.1, -0.05) is 31.5 Å². The predicted octanol–water partition coefficient (Wildman–Crippen LogP) is 3.21. The molecule has 0 unspecified atom stereocenters. The van der Waals surface area contributed by atoms with E-state index >= 15 is 0 Å². The van der Waals surface area contributed by atoms with Crippen molar-refractivity contribution in [3.63, 3.8) is 0 Å². The molecule has 0 atom stereocenters. The van der Waals surface area contributed by atoms with E-state index in [0.717, 1.165) is 44.8 Å². The molecule has 0 aliphatic rings. The van der Waals surface area contributed by atoms with E-state index in [0.29, 0.717) is 6.73 Å². The quantitative estimate of drug-likeness (QED) is 0.484. The maximum Gasteiger partial charge on any atom is 0.119 e. The number of rotatable bonds is 11. The topological polar surface area (TPSA) is 30.5 Å². The summed E-state index contributed by atoms with van der Waals surface area (Å²) in [6.07, 6.45) is 4.52. The van der Waals surface area contributed by atoms with Gasteiger partial charge in [0.05, 0.1) is 13.3 Å². The maximum atomic E-state index is 5.61. The van der Waals surface area contributed by atoms with Crippen LogP contribution < -0.4 is 10.1 Å². The molecule has 0 amide bonds. The summed E-state index contributed by atoms with van der Waals surface area (Å²) in [7, 11) is 0. The fourth-order valence-corrected chi connectivity index (χ4v) is 1.52. The van der Waals surface area contributed by atoms with Crippen molar-refractivity contribution in [1.29, 1.82) is 0 Å². The Morgan fingerprint density at radius 2 is 1.83 bits per heavy atom. The summed E-state index contributed by atoms with van der Waals surface area (Å²) in [4.78, 5) is 0. The van der Waals surface area contributed by atoms with E-state index in [2.05, 4.69) is 12.2 Å². The van der Waals surface area contributed by atoms with Crippen LogP contribution in [-0.4, -0.2) is 26.5 Å². The van der Waals surface area contributed by atoms with Crippen LogP contribution in [0.3, 0.4) is 0 Å². The summed E-state index contributed by atoms with van der Waals surface area (Å²) < 4.78 is 11.0. The highest BCUT2D eigenvalue weighted by atomic mass is 16.5. The molecule has 102 valence electrons. The highest BCUT2D eigenvalue weighted by Crippen LogP contribution is 2.08. The molecular weight excluding hydrogens is 226 g/mol. The van der Waals surface area contributed by atoms with E-state index in [4.69, 9.17) is 9.47 Å². The zero-order valence-electron chi connectivity index (χ0n) is 11.4. The smallest absolute Gasteiger partial charge is 0.119 e. The first kappa shape index (κ1) is 15.0. The lowest BCUT2D eigenvalue weighted by Crippen LogP contribution is -2.20. The average molecular weight is 251 g/mol. The molecule has 3 nitrogen and oxygen atoms in total. The molecular formula is C15H25NO2. The Kier molecular flexibility index (Phi) is 9.21. The summed E-state index contributed by atoms with van der Waals surface area (Å²) in [5, 5.41) is 3.27. The van der Waals surface area contributed by atoms with Crippen molar-refractivity contribution in [2.75, 3.05) is 26.5 Å². The van der Waals surface area contributed by atoms with Gasteiger partial charge in [-0.25, -0.2) is 0 Å². The van der Waals surface area contributed by atoms with Crippen molar-refractivity contribution < 1.29 is 9.47 Å².